The number of hydrogen-bond acceptors (Lipinski definition) is 3. The van der Waals surface area contributed by atoms with Crippen molar-refractivity contribution in [1.29, 1.82) is 5.26 Å². The molecule has 0 amide bonds. The minimum atomic E-state index is -2.95. The van der Waals surface area contributed by atoms with Crippen LogP contribution in [-0.4, -0.2) is 13.3 Å². The van der Waals surface area contributed by atoms with Gasteiger partial charge in [-0.1, -0.05) is 72.8 Å². The molecule has 3 rings (SSSR count). The van der Waals surface area contributed by atoms with E-state index in [9.17, 15) is 9.83 Å². The van der Waals surface area contributed by atoms with Gasteiger partial charge in [-0.2, -0.15) is 5.26 Å². The zero-order chi connectivity index (χ0) is 18.4. The van der Waals surface area contributed by atoms with E-state index in [4.69, 9.17) is 4.74 Å². The summed E-state index contributed by atoms with van der Waals surface area (Å²) in [6, 6.07) is 28.6. The number of hydrogen-bond donors (Lipinski definition) is 0. The largest absolute Gasteiger partial charge is 0.497 e. The summed E-state index contributed by atoms with van der Waals surface area (Å²) in [5.74, 6) is 0.202. The minimum Gasteiger partial charge on any atom is -0.497 e. The Balaban J connectivity index is 2.05. The average Bonchev–Trinajstić information content (AvgIpc) is 2.73. The van der Waals surface area contributed by atoms with Crippen molar-refractivity contribution in [3.05, 3.63) is 90.5 Å². The van der Waals surface area contributed by atoms with Crippen LogP contribution in [0.3, 0.4) is 0 Å². The quantitative estimate of drug-likeness (QED) is 0.615. The molecule has 0 aliphatic carbocycles. The molecular weight excluding hydrogens is 341 g/mol. The van der Waals surface area contributed by atoms with E-state index in [1.54, 1.807) is 7.11 Å². The van der Waals surface area contributed by atoms with Crippen molar-refractivity contribution in [1.82, 2.24) is 0 Å². The van der Waals surface area contributed by atoms with E-state index in [1.165, 1.54) is 0 Å². The zero-order valence-corrected chi connectivity index (χ0v) is 15.5. The van der Waals surface area contributed by atoms with Crippen molar-refractivity contribution in [3.8, 4) is 11.8 Å². The average molecular weight is 361 g/mol. The number of benzene rings is 3. The second-order valence-corrected chi connectivity index (χ2v) is 8.93. The first-order chi connectivity index (χ1) is 12.7. The number of nitrogens with zero attached hydrogens (tertiary/aromatic N) is 1. The topological polar surface area (TPSA) is 50.1 Å². The van der Waals surface area contributed by atoms with Gasteiger partial charge in [0, 0.05) is 16.8 Å². The Bertz CT molecular complexity index is 905. The van der Waals surface area contributed by atoms with Gasteiger partial charge in [0.15, 0.2) is 0 Å². The minimum absolute atomic E-state index is 0.255. The molecular formula is C22H20NO2P. The second kappa shape index (κ2) is 8.04. The van der Waals surface area contributed by atoms with Crippen LogP contribution in [0.2, 0.25) is 0 Å². The number of ether oxygens (including phenoxy) is 1. The van der Waals surface area contributed by atoms with E-state index in [2.05, 4.69) is 6.07 Å². The maximum absolute atomic E-state index is 14.1. The third-order valence-electron chi connectivity index (χ3n) is 4.44. The molecule has 26 heavy (non-hydrogen) atoms. The smallest absolute Gasteiger partial charge is 0.144 e. The lowest BCUT2D eigenvalue weighted by molar-refractivity contribution is 0.414. The summed E-state index contributed by atoms with van der Waals surface area (Å²) >= 11 is 0. The maximum Gasteiger partial charge on any atom is 0.144 e. The van der Waals surface area contributed by atoms with Gasteiger partial charge in [-0.05, 0) is 17.7 Å². The molecule has 0 aliphatic rings. The Hall–Kier alpha value is -2.82. The number of nitriles is 1. The number of rotatable bonds is 6. The molecule has 1 atom stereocenters. The van der Waals surface area contributed by atoms with Crippen LogP contribution in [0.25, 0.3) is 0 Å². The molecule has 3 nitrogen and oxygen atoms in total. The summed E-state index contributed by atoms with van der Waals surface area (Å²) in [4.78, 5) is 0. The second-order valence-electron chi connectivity index (χ2n) is 6.05. The van der Waals surface area contributed by atoms with Crippen molar-refractivity contribution in [3.63, 3.8) is 0 Å². The van der Waals surface area contributed by atoms with Crippen molar-refractivity contribution >= 4 is 17.8 Å². The van der Waals surface area contributed by atoms with Crippen LogP contribution in [0.1, 0.15) is 11.5 Å². The van der Waals surface area contributed by atoms with Crippen LogP contribution >= 0.6 is 7.14 Å². The monoisotopic (exact) mass is 361 g/mol. The molecule has 0 spiro atoms. The first kappa shape index (κ1) is 18.0. The van der Waals surface area contributed by atoms with Crippen LogP contribution in [0.15, 0.2) is 84.9 Å². The summed E-state index contributed by atoms with van der Waals surface area (Å²) in [7, 11) is -1.35. The lowest BCUT2D eigenvalue weighted by Gasteiger charge is -2.22. The summed E-state index contributed by atoms with van der Waals surface area (Å²) in [6.07, 6.45) is 0.255. The molecule has 0 bridgehead atoms. The molecule has 0 saturated carbocycles. The van der Waals surface area contributed by atoms with Crippen LogP contribution in [0.4, 0.5) is 0 Å². The van der Waals surface area contributed by atoms with Crippen LogP contribution < -0.4 is 15.3 Å². The SMILES string of the molecule is COc1cccc([C@H](C#N)CP(=O)(c2ccccc2)c2ccccc2)c1. The fourth-order valence-corrected chi connectivity index (χ4v) is 5.87. The molecule has 3 aromatic rings. The van der Waals surface area contributed by atoms with Crippen molar-refractivity contribution in [2.45, 2.75) is 5.92 Å². The van der Waals surface area contributed by atoms with Gasteiger partial charge in [0.1, 0.15) is 12.9 Å². The Kier molecular flexibility index (Phi) is 5.56. The fourth-order valence-electron chi connectivity index (χ4n) is 3.03. The van der Waals surface area contributed by atoms with E-state index in [0.717, 1.165) is 16.2 Å². The van der Waals surface area contributed by atoms with E-state index in [-0.39, 0.29) is 6.16 Å². The number of methoxy groups -OCH3 is 1. The summed E-state index contributed by atoms with van der Waals surface area (Å²) < 4.78 is 19.4. The summed E-state index contributed by atoms with van der Waals surface area (Å²) in [6.45, 7) is 0. The van der Waals surface area contributed by atoms with Gasteiger partial charge in [0.05, 0.1) is 19.1 Å². The summed E-state index contributed by atoms with van der Waals surface area (Å²) in [5.41, 5.74) is 0.818. The summed E-state index contributed by atoms with van der Waals surface area (Å²) in [5, 5.41) is 11.3. The third kappa shape index (κ3) is 3.72. The molecule has 4 heteroatoms. The molecule has 130 valence electrons. The highest BCUT2D eigenvalue weighted by Crippen LogP contribution is 2.47. The predicted molar refractivity (Wildman–Crippen MR) is 106 cm³/mol. The highest BCUT2D eigenvalue weighted by atomic mass is 31.2. The third-order valence-corrected chi connectivity index (χ3v) is 7.58. The Morgan fingerprint density at radius 1 is 0.923 bits per heavy atom. The van der Waals surface area contributed by atoms with Gasteiger partial charge >= 0.3 is 0 Å². The van der Waals surface area contributed by atoms with Crippen molar-refractivity contribution in [2.75, 3.05) is 13.3 Å². The van der Waals surface area contributed by atoms with Crippen LogP contribution in [-0.2, 0) is 4.57 Å². The van der Waals surface area contributed by atoms with Gasteiger partial charge in [-0.15, -0.1) is 0 Å². The molecule has 0 aromatic heterocycles. The zero-order valence-electron chi connectivity index (χ0n) is 14.6. The van der Waals surface area contributed by atoms with Crippen LogP contribution in [0.5, 0.6) is 5.75 Å². The first-order valence-electron chi connectivity index (χ1n) is 8.41. The highest BCUT2D eigenvalue weighted by molar-refractivity contribution is 7.78. The van der Waals surface area contributed by atoms with E-state index >= 15 is 0 Å². The molecule has 0 fully saturated rings. The maximum atomic E-state index is 14.1. The Morgan fingerprint density at radius 2 is 1.50 bits per heavy atom. The molecule has 0 unspecified atom stereocenters. The molecule has 0 heterocycles. The first-order valence-corrected chi connectivity index (χ1v) is 10.3. The van der Waals surface area contributed by atoms with Gasteiger partial charge < -0.3 is 9.30 Å². The molecule has 0 aliphatic heterocycles. The molecule has 0 radical (unpaired) electrons. The van der Waals surface area contributed by atoms with Gasteiger partial charge in [-0.25, -0.2) is 0 Å². The lowest BCUT2D eigenvalue weighted by Crippen LogP contribution is -2.21. The standard InChI is InChI=1S/C22H20NO2P/c1-25-20-10-8-9-18(15-20)19(16-23)17-26(24,21-11-4-2-5-12-21)22-13-6-3-7-14-22/h2-15,19H,17H2,1H3/t19-/m1/s1. The normalized spacial score (nSPS) is 12.2. The fraction of sp³-hybridized carbons (Fsp3) is 0.136. The van der Waals surface area contributed by atoms with E-state index < -0.39 is 13.1 Å². The molecule has 0 saturated heterocycles. The molecule has 0 N–H and O–H groups in total. The predicted octanol–water partition coefficient (Wildman–Crippen LogP) is 4.32. The Morgan fingerprint density at radius 3 is 2.00 bits per heavy atom. The van der Waals surface area contributed by atoms with Crippen molar-refractivity contribution < 1.29 is 9.30 Å². The van der Waals surface area contributed by atoms with Crippen molar-refractivity contribution in [2.24, 2.45) is 0 Å². The van der Waals surface area contributed by atoms with Crippen LogP contribution in [0, 0.1) is 11.3 Å². The molecule has 3 aromatic carbocycles. The lowest BCUT2D eigenvalue weighted by atomic mass is 10.0. The van der Waals surface area contributed by atoms with E-state index in [0.29, 0.717) is 5.75 Å². The highest BCUT2D eigenvalue weighted by Gasteiger charge is 2.31. The van der Waals surface area contributed by atoms with E-state index in [1.807, 2.05) is 84.9 Å². The van der Waals surface area contributed by atoms with Gasteiger partial charge in [-0.3, -0.25) is 0 Å². The Labute approximate surface area is 154 Å². The van der Waals surface area contributed by atoms with Gasteiger partial charge in [0.25, 0.3) is 0 Å². The van der Waals surface area contributed by atoms with Gasteiger partial charge in [0.2, 0.25) is 0 Å².